The van der Waals surface area contributed by atoms with Crippen LogP contribution in [0.25, 0.3) is 0 Å². The van der Waals surface area contributed by atoms with E-state index in [4.69, 9.17) is 15.0 Å². The smallest absolute Gasteiger partial charge is 0.239 e. The predicted molar refractivity (Wildman–Crippen MR) is 62.8 cm³/mol. The highest BCUT2D eigenvalue weighted by Crippen LogP contribution is 2.30. The van der Waals surface area contributed by atoms with Crippen molar-refractivity contribution in [1.82, 2.24) is 0 Å². The lowest BCUT2D eigenvalue weighted by Gasteiger charge is -2.09. The SMILES string of the molecule is NS(=O)(=O)c1ccc(OC2CC2)cc1S(N)(=O)=O. The Morgan fingerprint density at radius 1 is 1.00 bits per heavy atom. The molecule has 1 aromatic rings. The second-order valence-corrected chi connectivity index (χ2v) is 7.08. The van der Waals surface area contributed by atoms with Gasteiger partial charge in [0.1, 0.15) is 15.5 Å². The zero-order chi connectivity index (χ0) is 13.6. The molecule has 0 spiro atoms. The number of rotatable bonds is 4. The summed E-state index contributed by atoms with van der Waals surface area (Å²) >= 11 is 0. The zero-order valence-electron chi connectivity index (χ0n) is 9.24. The van der Waals surface area contributed by atoms with Gasteiger partial charge in [0.15, 0.2) is 0 Å². The first kappa shape index (κ1) is 13.3. The lowest BCUT2D eigenvalue weighted by molar-refractivity contribution is 0.302. The molecular formula is C9H12N2O5S2. The fourth-order valence-electron chi connectivity index (χ4n) is 1.40. The summed E-state index contributed by atoms with van der Waals surface area (Å²) in [4.78, 5) is -1.09. The van der Waals surface area contributed by atoms with Crippen LogP contribution >= 0.6 is 0 Å². The Kier molecular flexibility index (Phi) is 3.09. The zero-order valence-corrected chi connectivity index (χ0v) is 10.9. The molecule has 1 aliphatic carbocycles. The summed E-state index contributed by atoms with van der Waals surface area (Å²) in [6.45, 7) is 0. The molecule has 0 heterocycles. The normalized spacial score (nSPS) is 16.6. The second-order valence-electron chi connectivity index (χ2n) is 4.02. The van der Waals surface area contributed by atoms with E-state index in [2.05, 4.69) is 0 Å². The van der Waals surface area contributed by atoms with E-state index >= 15 is 0 Å². The average molecular weight is 292 g/mol. The molecule has 2 rings (SSSR count). The lowest BCUT2D eigenvalue weighted by Crippen LogP contribution is -2.20. The van der Waals surface area contributed by atoms with Crippen LogP contribution in [0.1, 0.15) is 12.8 Å². The van der Waals surface area contributed by atoms with Gasteiger partial charge in [-0.25, -0.2) is 27.1 Å². The third-order valence-corrected chi connectivity index (χ3v) is 4.40. The summed E-state index contributed by atoms with van der Waals surface area (Å²) in [5.41, 5.74) is 0. The Balaban J connectivity index is 2.55. The van der Waals surface area contributed by atoms with E-state index in [9.17, 15) is 16.8 Å². The maximum Gasteiger partial charge on any atom is 0.239 e. The summed E-state index contributed by atoms with van der Waals surface area (Å²) in [7, 11) is -8.35. The van der Waals surface area contributed by atoms with Crippen LogP contribution in [0, 0.1) is 0 Å². The Morgan fingerprint density at radius 2 is 1.56 bits per heavy atom. The molecule has 9 heteroatoms. The molecule has 0 bridgehead atoms. The third kappa shape index (κ3) is 2.99. The Hall–Kier alpha value is -1.16. The molecule has 0 unspecified atom stereocenters. The van der Waals surface area contributed by atoms with Crippen molar-refractivity contribution in [2.24, 2.45) is 10.3 Å². The van der Waals surface area contributed by atoms with Gasteiger partial charge in [0, 0.05) is 6.07 Å². The first-order valence-electron chi connectivity index (χ1n) is 5.04. The maximum atomic E-state index is 11.4. The monoisotopic (exact) mass is 292 g/mol. The van der Waals surface area contributed by atoms with Crippen LogP contribution in [0.5, 0.6) is 5.75 Å². The van der Waals surface area contributed by atoms with Crippen molar-refractivity contribution in [2.75, 3.05) is 0 Å². The summed E-state index contributed by atoms with van der Waals surface area (Å²) in [6, 6.07) is 3.51. The second kappa shape index (κ2) is 4.19. The molecular weight excluding hydrogens is 280 g/mol. The van der Waals surface area contributed by atoms with Crippen molar-refractivity contribution in [2.45, 2.75) is 28.7 Å². The predicted octanol–water partition coefficient (Wildman–Crippen LogP) is -0.477. The van der Waals surface area contributed by atoms with Gasteiger partial charge in [-0.2, -0.15) is 0 Å². The third-order valence-electron chi connectivity index (χ3n) is 2.36. The minimum atomic E-state index is -4.19. The van der Waals surface area contributed by atoms with E-state index in [0.29, 0.717) is 0 Å². The molecule has 1 saturated carbocycles. The first-order valence-corrected chi connectivity index (χ1v) is 8.13. The largest absolute Gasteiger partial charge is 0.490 e. The average Bonchev–Trinajstić information content (AvgIpc) is 2.98. The van der Waals surface area contributed by atoms with Crippen LogP contribution in [0.15, 0.2) is 28.0 Å². The quantitative estimate of drug-likeness (QED) is 0.774. The summed E-state index contributed by atoms with van der Waals surface area (Å²) in [5.74, 6) is 0.258. The van der Waals surface area contributed by atoms with Gasteiger partial charge in [-0.15, -0.1) is 0 Å². The number of primary sulfonamides is 2. The van der Waals surface area contributed by atoms with E-state index < -0.39 is 29.8 Å². The van der Waals surface area contributed by atoms with Crippen LogP contribution in [0.3, 0.4) is 0 Å². The van der Waals surface area contributed by atoms with E-state index in [0.717, 1.165) is 25.0 Å². The molecule has 1 aliphatic rings. The molecule has 1 aromatic carbocycles. The highest BCUT2D eigenvalue weighted by molar-refractivity contribution is 7.92. The molecule has 0 atom stereocenters. The molecule has 100 valence electrons. The van der Waals surface area contributed by atoms with Crippen LogP contribution < -0.4 is 15.0 Å². The van der Waals surface area contributed by atoms with Gasteiger partial charge >= 0.3 is 0 Å². The van der Waals surface area contributed by atoms with E-state index in [1.165, 1.54) is 6.07 Å². The van der Waals surface area contributed by atoms with Crippen molar-refractivity contribution < 1.29 is 21.6 Å². The lowest BCUT2D eigenvalue weighted by atomic mass is 10.3. The topological polar surface area (TPSA) is 130 Å². The number of hydrogen-bond donors (Lipinski definition) is 2. The van der Waals surface area contributed by atoms with Gasteiger partial charge < -0.3 is 4.74 Å². The van der Waals surface area contributed by atoms with Gasteiger partial charge in [0.2, 0.25) is 20.0 Å². The van der Waals surface area contributed by atoms with Crippen molar-refractivity contribution >= 4 is 20.0 Å². The number of nitrogens with two attached hydrogens (primary N) is 2. The van der Waals surface area contributed by atoms with Crippen LogP contribution in [0.2, 0.25) is 0 Å². The van der Waals surface area contributed by atoms with Crippen LogP contribution in [-0.2, 0) is 20.0 Å². The molecule has 1 fully saturated rings. The van der Waals surface area contributed by atoms with Gasteiger partial charge in [0.05, 0.1) is 6.10 Å². The number of ether oxygens (including phenoxy) is 1. The van der Waals surface area contributed by atoms with Gasteiger partial charge in [0.25, 0.3) is 0 Å². The first-order chi connectivity index (χ1) is 8.18. The number of benzene rings is 1. The fraction of sp³-hybridized carbons (Fsp3) is 0.333. The van der Waals surface area contributed by atoms with E-state index in [1.807, 2.05) is 0 Å². The van der Waals surface area contributed by atoms with E-state index in [-0.39, 0.29) is 11.9 Å². The Labute approximate surface area is 105 Å². The van der Waals surface area contributed by atoms with Crippen molar-refractivity contribution in [3.05, 3.63) is 18.2 Å². The molecule has 0 amide bonds. The van der Waals surface area contributed by atoms with Crippen LogP contribution in [-0.4, -0.2) is 22.9 Å². The Morgan fingerprint density at radius 3 is 2.00 bits per heavy atom. The van der Waals surface area contributed by atoms with Gasteiger partial charge in [-0.05, 0) is 25.0 Å². The van der Waals surface area contributed by atoms with Crippen molar-refractivity contribution in [3.63, 3.8) is 0 Å². The molecule has 4 N–H and O–H groups in total. The molecule has 7 nitrogen and oxygen atoms in total. The molecule has 0 radical (unpaired) electrons. The van der Waals surface area contributed by atoms with Crippen LogP contribution in [0.4, 0.5) is 0 Å². The van der Waals surface area contributed by atoms with Gasteiger partial charge in [-0.3, -0.25) is 0 Å². The van der Waals surface area contributed by atoms with E-state index in [1.54, 1.807) is 0 Å². The number of sulfonamides is 2. The Bertz CT molecular complexity index is 677. The summed E-state index contributed by atoms with van der Waals surface area (Å²) in [6.07, 6.45) is 1.84. The minimum Gasteiger partial charge on any atom is -0.490 e. The summed E-state index contributed by atoms with van der Waals surface area (Å²) < 4.78 is 50.6. The van der Waals surface area contributed by atoms with Crippen molar-refractivity contribution in [1.29, 1.82) is 0 Å². The highest BCUT2D eigenvalue weighted by Gasteiger charge is 2.26. The fourth-order valence-corrected chi connectivity index (χ4v) is 3.32. The molecule has 18 heavy (non-hydrogen) atoms. The van der Waals surface area contributed by atoms with Gasteiger partial charge in [-0.1, -0.05) is 0 Å². The molecule has 0 aromatic heterocycles. The molecule has 0 aliphatic heterocycles. The van der Waals surface area contributed by atoms with Crippen molar-refractivity contribution in [3.8, 4) is 5.75 Å². The minimum absolute atomic E-state index is 0.0543. The highest BCUT2D eigenvalue weighted by atomic mass is 32.2. The summed E-state index contributed by atoms with van der Waals surface area (Å²) in [5, 5.41) is 9.90. The standard InChI is InChI=1S/C9H12N2O5S2/c10-17(12,13)8-4-3-7(16-6-1-2-6)5-9(8)18(11,14)15/h3-6H,1-2H2,(H2,10,12,13)(H2,11,14,15). The maximum absolute atomic E-state index is 11.4. The molecule has 0 saturated heterocycles. The number of hydrogen-bond acceptors (Lipinski definition) is 5.